The second-order valence-electron chi connectivity index (χ2n) is 7.66. The van der Waals surface area contributed by atoms with Crippen molar-refractivity contribution in [2.24, 2.45) is 5.73 Å². The van der Waals surface area contributed by atoms with Crippen molar-refractivity contribution >= 4 is 39.1 Å². The molecule has 3 N–H and O–H groups in total. The molecule has 0 unspecified atom stereocenters. The number of amides is 2. The van der Waals surface area contributed by atoms with Gasteiger partial charge in [0.25, 0.3) is 11.8 Å². The number of hydrogen-bond donors (Lipinski definition) is 2. The largest absolute Gasteiger partial charge is 0.483 e. The Kier molecular flexibility index (Phi) is 8.47. The zero-order valence-electron chi connectivity index (χ0n) is 19.1. The summed E-state index contributed by atoms with van der Waals surface area (Å²) in [5, 5.41) is 12.0. The van der Waals surface area contributed by atoms with E-state index in [0.717, 1.165) is 10.6 Å². The zero-order valence-corrected chi connectivity index (χ0v) is 20.7. The molecule has 186 valence electrons. The third-order valence-electron chi connectivity index (χ3n) is 4.87. The van der Waals surface area contributed by atoms with Gasteiger partial charge in [-0.15, -0.1) is 0 Å². The lowest BCUT2D eigenvalue weighted by Gasteiger charge is -2.23. The van der Waals surface area contributed by atoms with Crippen molar-refractivity contribution in [3.63, 3.8) is 0 Å². The average molecular weight is 528 g/mol. The summed E-state index contributed by atoms with van der Waals surface area (Å²) in [7, 11) is -3.73. The van der Waals surface area contributed by atoms with Gasteiger partial charge in [0, 0.05) is 28.9 Å². The van der Waals surface area contributed by atoms with E-state index in [2.05, 4.69) is 10.3 Å². The monoisotopic (exact) mass is 527 g/mol. The standard InChI is InChI=1S/C24H22ClN5O5S/c1-36(33,34)30(14-20-4-2-3-7-28-20)21-10-18(9-19(25)11-21)24(32)29-13-17-6-5-16(12-26)8-22(17)35-15-23(27)31/h2-11H,13-15H2,1H3,(H2,27,31)(H,29,32). The van der Waals surface area contributed by atoms with Gasteiger partial charge in [0.1, 0.15) is 5.75 Å². The first-order chi connectivity index (χ1) is 17.1. The van der Waals surface area contributed by atoms with Gasteiger partial charge in [-0.2, -0.15) is 5.26 Å². The normalized spacial score (nSPS) is 10.8. The number of carbonyl (C=O) groups excluding carboxylic acids is 2. The van der Waals surface area contributed by atoms with E-state index in [0.29, 0.717) is 16.8 Å². The summed E-state index contributed by atoms with van der Waals surface area (Å²) in [4.78, 5) is 28.2. The van der Waals surface area contributed by atoms with Crippen molar-refractivity contribution in [3.05, 3.63) is 88.2 Å². The maximum Gasteiger partial charge on any atom is 0.255 e. The molecule has 1 heterocycles. The van der Waals surface area contributed by atoms with Crippen molar-refractivity contribution in [3.8, 4) is 11.8 Å². The van der Waals surface area contributed by atoms with Crippen molar-refractivity contribution < 1.29 is 22.7 Å². The molecule has 1 aromatic heterocycles. The molecule has 0 saturated heterocycles. The summed E-state index contributed by atoms with van der Waals surface area (Å²) in [6.07, 6.45) is 2.60. The van der Waals surface area contributed by atoms with E-state index in [9.17, 15) is 18.0 Å². The first kappa shape index (κ1) is 26.5. The minimum Gasteiger partial charge on any atom is -0.483 e. The third-order valence-corrected chi connectivity index (χ3v) is 6.23. The molecule has 0 radical (unpaired) electrons. The van der Waals surface area contributed by atoms with Crippen LogP contribution in [-0.4, -0.2) is 38.1 Å². The number of primary amides is 1. The minimum absolute atomic E-state index is 0.00971. The highest BCUT2D eigenvalue weighted by Crippen LogP contribution is 2.26. The summed E-state index contributed by atoms with van der Waals surface area (Å²) in [6.45, 7) is -0.456. The van der Waals surface area contributed by atoms with Crippen LogP contribution in [-0.2, 0) is 27.9 Å². The van der Waals surface area contributed by atoms with Crippen LogP contribution in [0.15, 0.2) is 60.8 Å². The Morgan fingerprint density at radius 1 is 1.19 bits per heavy atom. The number of pyridine rings is 1. The predicted octanol–water partition coefficient (Wildman–Crippen LogP) is 2.37. The Balaban J connectivity index is 1.84. The van der Waals surface area contributed by atoms with Crippen LogP contribution in [0.1, 0.15) is 27.2 Å². The molecule has 0 spiro atoms. The molecule has 3 aromatic rings. The highest BCUT2D eigenvalue weighted by molar-refractivity contribution is 7.92. The second-order valence-corrected chi connectivity index (χ2v) is 10.0. The van der Waals surface area contributed by atoms with E-state index in [1.54, 1.807) is 30.5 Å². The molecule has 0 aliphatic heterocycles. The molecule has 0 aliphatic rings. The molecule has 0 atom stereocenters. The van der Waals surface area contributed by atoms with Crippen LogP contribution in [0.4, 0.5) is 5.69 Å². The quantitative estimate of drug-likeness (QED) is 0.410. The zero-order chi connectivity index (χ0) is 26.3. The van der Waals surface area contributed by atoms with Crippen LogP contribution in [0.5, 0.6) is 5.75 Å². The molecular weight excluding hydrogens is 506 g/mol. The van der Waals surface area contributed by atoms with Crippen LogP contribution >= 0.6 is 11.6 Å². The number of nitrogens with one attached hydrogen (secondary N) is 1. The van der Waals surface area contributed by atoms with Gasteiger partial charge in [0.2, 0.25) is 10.0 Å². The van der Waals surface area contributed by atoms with Crippen LogP contribution in [0.2, 0.25) is 5.02 Å². The van der Waals surface area contributed by atoms with E-state index in [1.807, 2.05) is 6.07 Å². The summed E-state index contributed by atoms with van der Waals surface area (Å²) in [6, 6.07) is 15.9. The number of sulfonamides is 1. The molecule has 0 saturated carbocycles. The number of nitriles is 1. The van der Waals surface area contributed by atoms with Gasteiger partial charge in [-0.1, -0.05) is 23.7 Å². The molecule has 10 nitrogen and oxygen atoms in total. The number of hydrogen-bond acceptors (Lipinski definition) is 7. The van der Waals surface area contributed by atoms with Crippen LogP contribution in [0.25, 0.3) is 0 Å². The lowest BCUT2D eigenvalue weighted by molar-refractivity contribution is -0.119. The Hall–Kier alpha value is -4.14. The SMILES string of the molecule is CS(=O)(=O)N(Cc1ccccn1)c1cc(Cl)cc(C(=O)NCc2ccc(C#N)cc2OCC(N)=O)c1. The number of aromatic nitrogens is 1. The minimum atomic E-state index is -3.73. The van der Waals surface area contributed by atoms with Gasteiger partial charge in [0.05, 0.1) is 35.8 Å². The second kappa shape index (κ2) is 11.5. The topological polar surface area (TPSA) is 155 Å². The van der Waals surface area contributed by atoms with Crippen LogP contribution in [0.3, 0.4) is 0 Å². The van der Waals surface area contributed by atoms with Crippen molar-refractivity contribution in [2.75, 3.05) is 17.2 Å². The van der Waals surface area contributed by atoms with Crippen molar-refractivity contribution in [1.29, 1.82) is 5.26 Å². The Labute approximate surface area is 213 Å². The highest BCUT2D eigenvalue weighted by atomic mass is 35.5. The summed E-state index contributed by atoms with van der Waals surface area (Å²) in [5.74, 6) is -1.01. The molecule has 36 heavy (non-hydrogen) atoms. The fraction of sp³-hybridized carbons (Fsp3) is 0.167. The maximum absolute atomic E-state index is 12.9. The molecule has 12 heteroatoms. The molecule has 0 aliphatic carbocycles. The van der Waals surface area contributed by atoms with E-state index in [1.165, 1.54) is 30.3 Å². The maximum atomic E-state index is 12.9. The smallest absolute Gasteiger partial charge is 0.255 e. The van der Waals surface area contributed by atoms with E-state index in [4.69, 9.17) is 27.3 Å². The highest BCUT2D eigenvalue weighted by Gasteiger charge is 2.21. The van der Waals surface area contributed by atoms with Crippen molar-refractivity contribution in [2.45, 2.75) is 13.1 Å². The Morgan fingerprint density at radius 3 is 2.61 bits per heavy atom. The van der Waals surface area contributed by atoms with E-state index >= 15 is 0 Å². The van der Waals surface area contributed by atoms with Gasteiger partial charge in [-0.25, -0.2) is 8.42 Å². The predicted molar refractivity (Wildman–Crippen MR) is 134 cm³/mol. The number of halogens is 1. The van der Waals surface area contributed by atoms with Crippen LogP contribution in [0, 0.1) is 11.3 Å². The number of carbonyl (C=O) groups is 2. The molecule has 0 bridgehead atoms. The summed E-state index contributed by atoms with van der Waals surface area (Å²) < 4.78 is 31.5. The molecule has 3 rings (SSSR count). The van der Waals surface area contributed by atoms with Gasteiger partial charge >= 0.3 is 0 Å². The lowest BCUT2D eigenvalue weighted by atomic mass is 10.1. The number of nitrogens with two attached hydrogens (primary N) is 1. The van der Waals surface area contributed by atoms with Gasteiger partial charge in [-0.3, -0.25) is 18.9 Å². The Bertz CT molecular complexity index is 1420. The number of nitrogens with zero attached hydrogens (tertiary/aromatic N) is 3. The summed E-state index contributed by atoms with van der Waals surface area (Å²) >= 11 is 6.23. The summed E-state index contributed by atoms with van der Waals surface area (Å²) in [5.41, 5.74) is 6.77. The molecule has 0 fully saturated rings. The number of benzene rings is 2. The van der Waals surface area contributed by atoms with E-state index < -0.39 is 28.4 Å². The molecule has 2 amide bonds. The fourth-order valence-electron chi connectivity index (χ4n) is 3.22. The number of anilines is 1. The molecule has 2 aromatic carbocycles. The molecular formula is C24H22ClN5O5S. The lowest BCUT2D eigenvalue weighted by Crippen LogP contribution is -2.30. The third kappa shape index (κ3) is 7.18. The van der Waals surface area contributed by atoms with E-state index in [-0.39, 0.29) is 35.1 Å². The first-order valence-corrected chi connectivity index (χ1v) is 12.7. The van der Waals surface area contributed by atoms with Gasteiger partial charge in [0.15, 0.2) is 6.61 Å². The number of rotatable bonds is 10. The average Bonchev–Trinajstić information content (AvgIpc) is 2.84. The number of ether oxygens (including phenoxy) is 1. The van der Waals surface area contributed by atoms with Gasteiger partial charge in [-0.05, 0) is 42.5 Å². The first-order valence-electron chi connectivity index (χ1n) is 10.5. The van der Waals surface area contributed by atoms with Gasteiger partial charge < -0.3 is 15.8 Å². The van der Waals surface area contributed by atoms with Crippen molar-refractivity contribution in [1.82, 2.24) is 10.3 Å². The van der Waals surface area contributed by atoms with Crippen LogP contribution < -0.4 is 20.1 Å². The Morgan fingerprint density at radius 2 is 1.97 bits per heavy atom. The fourth-order valence-corrected chi connectivity index (χ4v) is 4.30.